The monoisotopic (exact) mass is 238 g/mol. The molecule has 2 aliphatic rings. The lowest BCUT2D eigenvalue weighted by Gasteiger charge is -2.39. The number of hydrogen-bond donors (Lipinski definition) is 0. The van der Waals surface area contributed by atoms with Crippen LogP contribution in [0.3, 0.4) is 0 Å². The predicted molar refractivity (Wildman–Crippen MR) is 69.9 cm³/mol. The molecule has 1 saturated heterocycles. The van der Waals surface area contributed by atoms with Crippen LogP contribution in [0.2, 0.25) is 0 Å². The number of amides is 1. The highest BCUT2D eigenvalue weighted by atomic mass is 16.2. The van der Waals surface area contributed by atoms with Gasteiger partial charge in [0.1, 0.15) is 0 Å². The van der Waals surface area contributed by atoms with Crippen LogP contribution >= 0.6 is 0 Å². The first-order chi connectivity index (χ1) is 8.09. The highest BCUT2D eigenvalue weighted by Crippen LogP contribution is 2.41. The molecule has 0 aromatic heterocycles. The Bertz CT molecular complexity index is 284. The summed E-state index contributed by atoms with van der Waals surface area (Å²) in [7, 11) is 2.25. The normalized spacial score (nSPS) is 28.5. The second-order valence-corrected chi connectivity index (χ2v) is 5.83. The maximum absolute atomic E-state index is 11.6. The fraction of sp³-hybridized carbons (Fsp3) is 0.929. The van der Waals surface area contributed by atoms with E-state index in [0.717, 1.165) is 13.1 Å². The van der Waals surface area contributed by atoms with E-state index in [4.69, 9.17) is 0 Å². The van der Waals surface area contributed by atoms with Crippen molar-refractivity contribution >= 4 is 5.91 Å². The van der Waals surface area contributed by atoms with Crippen LogP contribution in [-0.4, -0.2) is 47.4 Å². The van der Waals surface area contributed by atoms with E-state index in [1.165, 1.54) is 38.5 Å². The largest absolute Gasteiger partial charge is 0.339 e. The topological polar surface area (TPSA) is 23.6 Å². The third kappa shape index (κ3) is 2.35. The first-order valence-electron chi connectivity index (χ1n) is 7.07. The number of carbonyl (C=O) groups is 1. The molecule has 1 amide bonds. The van der Waals surface area contributed by atoms with Gasteiger partial charge in [-0.1, -0.05) is 19.3 Å². The van der Waals surface area contributed by atoms with Crippen molar-refractivity contribution in [2.24, 2.45) is 0 Å². The Morgan fingerprint density at radius 1 is 1.35 bits per heavy atom. The molecule has 98 valence electrons. The molecule has 0 aromatic carbocycles. The van der Waals surface area contributed by atoms with E-state index in [0.29, 0.717) is 11.6 Å². The molecule has 1 heterocycles. The number of carbonyl (C=O) groups excluding carboxylic acids is 1. The van der Waals surface area contributed by atoms with Crippen molar-refractivity contribution in [2.45, 2.75) is 64.0 Å². The summed E-state index contributed by atoms with van der Waals surface area (Å²) in [6.07, 6.45) is 7.97. The summed E-state index contributed by atoms with van der Waals surface area (Å²) in [6, 6.07) is 0.445. The number of rotatable bonds is 2. The molecule has 1 aliphatic carbocycles. The first-order valence-corrected chi connectivity index (χ1v) is 7.07. The minimum Gasteiger partial charge on any atom is -0.339 e. The molecule has 1 aliphatic heterocycles. The van der Waals surface area contributed by atoms with Crippen molar-refractivity contribution in [2.75, 3.05) is 20.1 Å². The lowest BCUT2D eigenvalue weighted by molar-refractivity contribution is -0.130. The smallest absolute Gasteiger partial charge is 0.219 e. The summed E-state index contributed by atoms with van der Waals surface area (Å²) in [6.45, 7) is 5.71. The molecule has 0 radical (unpaired) electrons. The molecule has 3 heteroatoms. The van der Waals surface area contributed by atoms with E-state index < -0.39 is 0 Å². The average molecular weight is 238 g/mol. The zero-order chi connectivity index (χ0) is 12.5. The van der Waals surface area contributed by atoms with Crippen LogP contribution in [-0.2, 0) is 4.79 Å². The van der Waals surface area contributed by atoms with Gasteiger partial charge < -0.3 is 4.90 Å². The molecule has 1 atom stereocenters. The van der Waals surface area contributed by atoms with Gasteiger partial charge >= 0.3 is 0 Å². The van der Waals surface area contributed by atoms with Crippen LogP contribution < -0.4 is 0 Å². The Labute approximate surface area is 105 Å². The fourth-order valence-corrected chi connectivity index (χ4v) is 3.91. The van der Waals surface area contributed by atoms with Gasteiger partial charge in [-0.05, 0) is 33.2 Å². The second kappa shape index (κ2) is 4.97. The van der Waals surface area contributed by atoms with Crippen LogP contribution in [0.5, 0.6) is 0 Å². The van der Waals surface area contributed by atoms with Crippen molar-refractivity contribution in [3.05, 3.63) is 0 Å². The van der Waals surface area contributed by atoms with Gasteiger partial charge in [-0.15, -0.1) is 0 Å². The van der Waals surface area contributed by atoms with Crippen LogP contribution in [0.1, 0.15) is 52.4 Å². The molecule has 2 fully saturated rings. The standard InChI is InChI=1S/C14H26N2O/c1-4-16(12(2)17)13-10-14(15(3)11-13)8-6-5-7-9-14/h13H,4-11H2,1-3H3/t13-/m0/s1. The maximum atomic E-state index is 11.6. The Kier molecular flexibility index (Phi) is 3.76. The van der Waals surface area contributed by atoms with Crippen LogP contribution in [0.15, 0.2) is 0 Å². The number of hydrogen-bond acceptors (Lipinski definition) is 2. The predicted octanol–water partition coefficient (Wildman–Crippen LogP) is 2.26. The van der Waals surface area contributed by atoms with Crippen molar-refractivity contribution in [3.8, 4) is 0 Å². The summed E-state index contributed by atoms with van der Waals surface area (Å²) in [5.41, 5.74) is 0.409. The minimum absolute atomic E-state index is 0.235. The second-order valence-electron chi connectivity index (χ2n) is 5.83. The van der Waals surface area contributed by atoms with Gasteiger partial charge in [0.05, 0.1) is 0 Å². The molecule has 0 unspecified atom stereocenters. The van der Waals surface area contributed by atoms with Crippen molar-refractivity contribution in [1.82, 2.24) is 9.80 Å². The average Bonchev–Trinajstić information content (AvgIpc) is 2.58. The molecular weight excluding hydrogens is 212 g/mol. The maximum Gasteiger partial charge on any atom is 0.219 e. The van der Waals surface area contributed by atoms with Gasteiger partial charge in [0.2, 0.25) is 5.91 Å². The fourth-order valence-electron chi connectivity index (χ4n) is 3.91. The molecule has 3 nitrogen and oxygen atoms in total. The third-order valence-electron chi connectivity index (χ3n) is 4.88. The van der Waals surface area contributed by atoms with Gasteiger partial charge in [0, 0.05) is 31.6 Å². The summed E-state index contributed by atoms with van der Waals surface area (Å²) in [5.74, 6) is 0.235. The SMILES string of the molecule is CCN(C(C)=O)[C@@H]1CN(C)C2(CCCCC2)C1. The lowest BCUT2D eigenvalue weighted by Crippen LogP contribution is -2.42. The number of likely N-dealkylation sites (N-methyl/N-ethyl adjacent to an activating group) is 2. The highest BCUT2D eigenvalue weighted by Gasteiger charge is 2.45. The molecule has 0 aromatic rings. The van der Waals surface area contributed by atoms with E-state index >= 15 is 0 Å². The molecule has 1 saturated carbocycles. The van der Waals surface area contributed by atoms with Crippen molar-refractivity contribution in [1.29, 1.82) is 0 Å². The lowest BCUT2D eigenvalue weighted by atomic mass is 9.79. The van der Waals surface area contributed by atoms with Crippen LogP contribution in [0.4, 0.5) is 0 Å². The highest BCUT2D eigenvalue weighted by molar-refractivity contribution is 5.73. The Balaban J connectivity index is 2.07. The summed E-state index contributed by atoms with van der Waals surface area (Å²) >= 11 is 0. The van der Waals surface area contributed by atoms with Crippen molar-refractivity contribution < 1.29 is 4.79 Å². The Morgan fingerprint density at radius 3 is 2.53 bits per heavy atom. The zero-order valence-electron chi connectivity index (χ0n) is 11.5. The Morgan fingerprint density at radius 2 is 2.00 bits per heavy atom. The quantitative estimate of drug-likeness (QED) is 0.737. The molecule has 1 spiro atoms. The van der Waals surface area contributed by atoms with E-state index in [-0.39, 0.29) is 5.91 Å². The van der Waals surface area contributed by atoms with Gasteiger partial charge in [0.15, 0.2) is 0 Å². The number of nitrogens with zero attached hydrogens (tertiary/aromatic N) is 2. The van der Waals surface area contributed by atoms with Crippen molar-refractivity contribution in [3.63, 3.8) is 0 Å². The van der Waals surface area contributed by atoms with Gasteiger partial charge in [-0.2, -0.15) is 0 Å². The van der Waals surface area contributed by atoms with Gasteiger partial charge in [0.25, 0.3) is 0 Å². The molecule has 17 heavy (non-hydrogen) atoms. The van der Waals surface area contributed by atoms with Gasteiger partial charge in [-0.25, -0.2) is 0 Å². The summed E-state index contributed by atoms with van der Waals surface area (Å²) < 4.78 is 0. The summed E-state index contributed by atoms with van der Waals surface area (Å²) in [4.78, 5) is 16.2. The third-order valence-corrected chi connectivity index (χ3v) is 4.88. The molecule has 0 N–H and O–H groups in total. The van der Waals surface area contributed by atoms with Gasteiger partial charge in [-0.3, -0.25) is 9.69 Å². The first kappa shape index (κ1) is 12.9. The molecule has 0 bridgehead atoms. The molecular formula is C14H26N2O. The van der Waals surface area contributed by atoms with E-state index in [2.05, 4.69) is 23.8 Å². The zero-order valence-corrected chi connectivity index (χ0v) is 11.5. The number of likely N-dealkylation sites (tertiary alicyclic amines) is 1. The van der Waals surface area contributed by atoms with Crippen LogP contribution in [0, 0.1) is 0 Å². The van der Waals surface area contributed by atoms with E-state index in [1.54, 1.807) is 6.92 Å². The summed E-state index contributed by atoms with van der Waals surface area (Å²) in [5, 5.41) is 0. The van der Waals surface area contributed by atoms with Crippen LogP contribution in [0.25, 0.3) is 0 Å². The minimum atomic E-state index is 0.235. The van der Waals surface area contributed by atoms with E-state index in [9.17, 15) is 4.79 Å². The Hall–Kier alpha value is -0.570. The molecule has 2 rings (SSSR count). The van der Waals surface area contributed by atoms with E-state index in [1.807, 2.05) is 0 Å².